The van der Waals surface area contributed by atoms with Gasteiger partial charge in [-0.1, -0.05) is 24.3 Å². The lowest BCUT2D eigenvalue weighted by Crippen LogP contribution is -2.36. The topological polar surface area (TPSA) is 89.7 Å². The number of aromatic nitrogens is 1. The normalized spacial score (nSPS) is 23.1. The number of rotatable bonds is 4. The summed E-state index contributed by atoms with van der Waals surface area (Å²) in [6.45, 7) is 2.14. The Morgan fingerprint density at radius 3 is 2.71 bits per heavy atom. The summed E-state index contributed by atoms with van der Waals surface area (Å²) in [5.74, 6) is 0.698. The average molecular weight is 511 g/mol. The Bertz CT molecular complexity index is 1520. The third kappa shape index (κ3) is 3.80. The lowest BCUT2D eigenvalue weighted by molar-refractivity contribution is -0.144. The number of dihydropyridines is 1. The Labute approximate surface area is 220 Å². The van der Waals surface area contributed by atoms with Gasteiger partial charge in [0, 0.05) is 40.5 Å². The molecule has 2 aliphatic carbocycles. The van der Waals surface area contributed by atoms with Crippen LogP contribution < -0.4 is 14.8 Å². The summed E-state index contributed by atoms with van der Waals surface area (Å²) >= 11 is 0. The molecule has 7 heteroatoms. The molecule has 2 unspecified atom stereocenters. The SMILES string of the molecule is CC1=C(C(=O)OC2CCCC2)C(c2c[nH]c3ccccc23)C2=C(CC(c3ccc4c(c3)OCO4)CC2=O)N1. The molecule has 0 saturated heterocycles. The van der Waals surface area contributed by atoms with Crippen molar-refractivity contribution in [3.8, 4) is 11.5 Å². The number of fused-ring (bicyclic) bond motifs is 2. The fraction of sp³-hybridized carbons (Fsp3) is 0.355. The first kappa shape index (κ1) is 23.1. The first-order valence-corrected chi connectivity index (χ1v) is 13.5. The fourth-order valence-corrected chi connectivity index (χ4v) is 6.58. The van der Waals surface area contributed by atoms with Crippen LogP contribution in [0, 0.1) is 0 Å². The van der Waals surface area contributed by atoms with Crippen molar-refractivity contribution in [1.29, 1.82) is 0 Å². The van der Waals surface area contributed by atoms with Crippen molar-refractivity contribution in [2.45, 2.75) is 63.4 Å². The Morgan fingerprint density at radius 2 is 1.84 bits per heavy atom. The van der Waals surface area contributed by atoms with Gasteiger partial charge in [-0.25, -0.2) is 4.79 Å². The second-order valence-corrected chi connectivity index (χ2v) is 10.7. The van der Waals surface area contributed by atoms with Crippen molar-refractivity contribution in [3.05, 3.63) is 82.3 Å². The van der Waals surface area contributed by atoms with Crippen LogP contribution >= 0.6 is 0 Å². The Kier molecular flexibility index (Phi) is 5.53. The van der Waals surface area contributed by atoms with Gasteiger partial charge in [0.2, 0.25) is 6.79 Å². The molecule has 3 heterocycles. The predicted molar refractivity (Wildman–Crippen MR) is 142 cm³/mol. The smallest absolute Gasteiger partial charge is 0.337 e. The number of Topliss-reactive ketones (excluding diaryl/α,β-unsaturated/α-hetero) is 1. The molecule has 2 N–H and O–H groups in total. The lowest BCUT2D eigenvalue weighted by Gasteiger charge is -2.36. The molecule has 0 bridgehead atoms. The lowest BCUT2D eigenvalue weighted by atomic mass is 9.71. The molecule has 1 saturated carbocycles. The van der Waals surface area contributed by atoms with Gasteiger partial charge in [0.25, 0.3) is 0 Å². The van der Waals surface area contributed by atoms with Crippen molar-refractivity contribution in [2.24, 2.45) is 0 Å². The molecule has 0 spiro atoms. The minimum absolute atomic E-state index is 0.00617. The first-order valence-electron chi connectivity index (χ1n) is 13.5. The van der Waals surface area contributed by atoms with E-state index >= 15 is 0 Å². The highest BCUT2D eigenvalue weighted by Gasteiger charge is 2.43. The van der Waals surface area contributed by atoms with E-state index < -0.39 is 5.92 Å². The van der Waals surface area contributed by atoms with E-state index in [4.69, 9.17) is 14.2 Å². The van der Waals surface area contributed by atoms with Crippen molar-refractivity contribution in [1.82, 2.24) is 10.3 Å². The van der Waals surface area contributed by atoms with Crippen LogP contribution in [0.1, 0.15) is 68.4 Å². The van der Waals surface area contributed by atoms with Crippen molar-refractivity contribution < 1.29 is 23.8 Å². The Morgan fingerprint density at radius 1 is 1.03 bits per heavy atom. The second-order valence-electron chi connectivity index (χ2n) is 10.7. The van der Waals surface area contributed by atoms with Crippen LogP contribution in [0.5, 0.6) is 11.5 Å². The van der Waals surface area contributed by atoms with E-state index in [2.05, 4.69) is 10.3 Å². The molecule has 2 aliphatic heterocycles. The van der Waals surface area contributed by atoms with Gasteiger partial charge in [-0.3, -0.25) is 4.79 Å². The summed E-state index contributed by atoms with van der Waals surface area (Å²) in [7, 11) is 0. The summed E-state index contributed by atoms with van der Waals surface area (Å²) in [6.07, 6.45) is 6.87. The van der Waals surface area contributed by atoms with Crippen molar-refractivity contribution in [3.63, 3.8) is 0 Å². The van der Waals surface area contributed by atoms with Gasteiger partial charge in [-0.15, -0.1) is 0 Å². The molecule has 1 fully saturated rings. The zero-order chi connectivity index (χ0) is 25.8. The number of aromatic amines is 1. The number of allylic oxidation sites excluding steroid dienone is 3. The number of ketones is 1. The monoisotopic (exact) mass is 510 g/mol. The number of esters is 1. The maximum atomic E-state index is 14.0. The number of para-hydroxylation sites is 1. The van der Waals surface area contributed by atoms with E-state index in [-0.39, 0.29) is 30.6 Å². The zero-order valence-corrected chi connectivity index (χ0v) is 21.3. The molecule has 7 rings (SSSR count). The van der Waals surface area contributed by atoms with Gasteiger partial charge in [0.15, 0.2) is 17.3 Å². The molecule has 1 aromatic heterocycles. The average Bonchev–Trinajstić information content (AvgIpc) is 3.68. The number of hydrogen-bond acceptors (Lipinski definition) is 6. The molecule has 3 aromatic rings. The van der Waals surface area contributed by atoms with Crippen molar-refractivity contribution >= 4 is 22.7 Å². The Balaban J connectivity index is 1.30. The number of ether oxygens (including phenoxy) is 3. The number of benzene rings is 2. The first-order chi connectivity index (χ1) is 18.6. The van der Waals surface area contributed by atoms with Gasteiger partial charge in [0.05, 0.1) is 11.5 Å². The van der Waals surface area contributed by atoms with Crippen molar-refractivity contribution in [2.75, 3.05) is 6.79 Å². The van der Waals surface area contributed by atoms with E-state index in [1.165, 1.54) is 0 Å². The number of H-pyrrole nitrogens is 1. The maximum Gasteiger partial charge on any atom is 0.337 e. The third-order valence-electron chi connectivity index (χ3n) is 8.42. The van der Waals surface area contributed by atoms with E-state index in [9.17, 15) is 9.59 Å². The van der Waals surface area contributed by atoms with Gasteiger partial charge < -0.3 is 24.5 Å². The molecular weight excluding hydrogens is 480 g/mol. The summed E-state index contributed by atoms with van der Waals surface area (Å²) in [5.41, 5.74) is 5.81. The van der Waals surface area contributed by atoms with Crippen LogP contribution in [-0.4, -0.2) is 29.6 Å². The molecule has 194 valence electrons. The van der Waals surface area contributed by atoms with Crippen LogP contribution in [0.2, 0.25) is 0 Å². The third-order valence-corrected chi connectivity index (χ3v) is 8.42. The Hall–Kier alpha value is -4.00. The maximum absolute atomic E-state index is 14.0. The van der Waals surface area contributed by atoms with Crippen LogP contribution in [0.15, 0.2) is 71.2 Å². The highest BCUT2D eigenvalue weighted by molar-refractivity contribution is 6.05. The number of nitrogens with one attached hydrogen (secondary N) is 2. The zero-order valence-electron chi connectivity index (χ0n) is 21.3. The standard InChI is InChI=1S/C31H30N2O5/c1-17-28(31(35)38-20-6-2-3-7-20)29(22-15-32-23-9-5-4-8-21(22)23)30-24(33-17)12-19(13-25(30)34)18-10-11-26-27(14-18)37-16-36-26/h4-5,8-11,14-15,19-20,29,32-33H,2-3,6-7,12-13,16H2,1H3. The van der Waals surface area contributed by atoms with E-state index in [0.717, 1.165) is 70.6 Å². The molecule has 2 atom stereocenters. The quantitative estimate of drug-likeness (QED) is 0.435. The van der Waals surface area contributed by atoms with E-state index in [1.807, 2.05) is 55.6 Å². The molecule has 0 radical (unpaired) electrons. The van der Waals surface area contributed by atoms with Crippen LogP contribution in [0.25, 0.3) is 10.9 Å². The molecule has 0 amide bonds. The van der Waals surface area contributed by atoms with Crippen LogP contribution in [0.4, 0.5) is 0 Å². The predicted octanol–water partition coefficient (Wildman–Crippen LogP) is 5.74. The van der Waals surface area contributed by atoms with Gasteiger partial charge in [-0.05, 0) is 74.3 Å². The number of carbonyl (C=O) groups excluding carboxylic acids is 2. The molecule has 2 aromatic carbocycles. The summed E-state index contributed by atoms with van der Waals surface area (Å²) < 4.78 is 17.1. The molecular formula is C31H30N2O5. The highest BCUT2D eigenvalue weighted by atomic mass is 16.7. The molecule has 7 nitrogen and oxygen atoms in total. The minimum atomic E-state index is -0.485. The summed E-state index contributed by atoms with van der Waals surface area (Å²) in [4.78, 5) is 31.0. The highest BCUT2D eigenvalue weighted by Crippen LogP contribution is 2.48. The van der Waals surface area contributed by atoms with Crippen LogP contribution in [0.3, 0.4) is 0 Å². The number of hydrogen-bond donors (Lipinski definition) is 2. The minimum Gasteiger partial charge on any atom is -0.459 e. The molecule has 4 aliphatic rings. The number of carbonyl (C=O) groups is 2. The van der Waals surface area contributed by atoms with E-state index in [0.29, 0.717) is 24.0 Å². The van der Waals surface area contributed by atoms with Gasteiger partial charge in [-0.2, -0.15) is 0 Å². The second kappa shape index (κ2) is 9.08. The summed E-state index contributed by atoms with van der Waals surface area (Å²) in [5, 5.41) is 4.48. The van der Waals surface area contributed by atoms with Gasteiger partial charge >= 0.3 is 5.97 Å². The van der Waals surface area contributed by atoms with Crippen LogP contribution in [-0.2, 0) is 14.3 Å². The fourth-order valence-electron chi connectivity index (χ4n) is 6.58. The van der Waals surface area contributed by atoms with E-state index in [1.54, 1.807) is 0 Å². The van der Waals surface area contributed by atoms with Gasteiger partial charge in [0.1, 0.15) is 6.10 Å². The summed E-state index contributed by atoms with van der Waals surface area (Å²) in [6, 6.07) is 13.9. The largest absolute Gasteiger partial charge is 0.459 e. The molecule has 38 heavy (non-hydrogen) atoms.